The largest absolute Gasteiger partial charge is 0.444 e. The molecule has 1 aromatic carbocycles. The Hall–Kier alpha value is -2.97. The van der Waals surface area contributed by atoms with Gasteiger partial charge < -0.3 is 14.5 Å². The highest BCUT2D eigenvalue weighted by atomic mass is 19.1. The van der Waals surface area contributed by atoms with Crippen LogP contribution in [0.2, 0.25) is 0 Å². The number of imide groups is 1. The minimum absolute atomic E-state index is 0.0424. The molecule has 0 saturated carbocycles. The summed E-state index contributed by atoms with van der Waals surface area (Å²) in [5, 5.41) is 2.24. The highest BCUT2D eigenvalue weighted by Crippen LogP contribution is 2.38. The molecule has 4 amide bonds. The minimum atomic E-state index is -0.802. The quantitative estimate of drug-likeness (QED) is 0.706. The van der Waals surface area contributed by atoms with Crippen molar-refractivity contribution < 1.29 is 28.3 Å². The lowest BCUT2D eigenvalue weighted by atomic mass is 9.92. The molecule has 3 aliphatic rings. The Labute approximate surface area is 186 Å². The molecular weight excluding hydrogens is 417 g/mol. The number of carbonyl (C=O) groups is 4. The molecule has 0 aliphatic carbocycles. The summed E-state index contributed by atoms with van der Waals surface area (Å²) < 4.78 is 21.2. The molecule has 2 saturated heterocycles. The van der Waals surface area contributed by atoms with Crippen LogP contribution in [-0.4, -0.2) is 51.8 Å². The Morgan fingerprint density at radius 3 is 2.56 bits per heavy atom. The number of carbonyl (C=O) groups excluding carboxylic acids is 4. The maximum absolute atomic E-state index is 15.7. The number of piperidine rings is 2. The van der Waals surface area contributed by atoms with Crippen LogP contribution in [0.5, 0.6) is 0 Å². The molecule has 8 nitrogen and oxygen atoms in total. The third kappa shape index (κ3) is 4.08. The van der Waals surface area contributed by atoms with Gasteiger partial charge in [-0.3, -0.25) is 19.7 Å². The number of ether oxygens (including phenoxy) is 1. The minimum Gasteiger partial charge on any atom is -0.444 e. The van der Waals surface area contributed by atoms with E-state index in [9.17, 15) is 19.2 Å². The Bertz CT molecular complexity index is 987. The second kappa shape index (κ2) is 8.18. The molecule has 2 atom stereocenters. The van der Waals surface area contributed by atoms with Gasteiger partial charge in [-0.2, -0.15) is 0 Å². The molecule has 3 aliphatic heterocycles. The third-order valence-electron chi connectivity index (χ3n) is 6.17. The standard InChI is InChI=1S/C23H28FN3O5/c1-23(2,3)32-22(31)26-11-5-4-6-16(26)14-8-7-13-15(19(14)24)12-27(21(13)30)17-9-10-18(28)25-20(17)29/h7-8,16-17H,4-6,9-12H2,1-3H3,(H,25,28,29). The predicted molar refractivity (Wildman–Crippen MR) is 112 cm³/mol. The molecule has 1 N–H and O–H groups in total. The number of nitrogens with one attached hydrogen (secondary N) is 1. The van der Waals surface area contributed by atoms with Crippen molar-refractivity contribution in [3.63, 3.8) is 0 Å². The smallest absolute Gasteiger partial charge is 0.410 e. The van der Waals surface area contributed by atoms with Crippen LogP contribution in [0, 0.1) is 5.82 Å². The summed E-state index contributed by atoms with van der Waals surface area (Å²) >= 11 is 0. The van der Waals surface area contributed by atoms with Crippen LogP contribution in [0.15, 0.2) is 12.1 Å². The summed E-state index contributed by atoms with van der Waals surface area (Å²) in [6.07, 6.45) is 2.12. The molecule has 3 heterocycles. The van der Waals surface area contributed by atoms with Gasteiger partial charge in [0, 0.05) is 29.7 Å². The molecule has 4 rings (SSSR count). The van der Waals surface area contributed by atoms with Crippen molar-refractivity contribution in [2.45, 2.75) is 77.1 Å². The molecule has 2 fully saturated rings. The SMILES string of the molecule is CC(C)(C)OC(=O)N1CCCCC1c1ccc2c(c1F)CN(C1CCC(=O)NC1=O)C2=O. The Balaban J connectivity index is 1.61. The van der Waals surface area contributed by atoms with Gasteiger partial charge in [-0.15, -0.1) is 0 Å². The van der Waals surface area contributed by atoms with Crippen LogP contribution in [0.25, 0.3) is 0 Å². The van der Waals surface area contributed by atoms with Gasteiger partial charge in [0.15, 0.2) is 0 Å². The highest BCUT2D eigenvalue weighted by Gasteiger charge is 2.42. The van der Waals surface area contributed by atoms with E-state index >= 15 is 4.39 Å². The van der Waals surface area contributed by atoms with Crippen molar-refractivity contribution in [1.29, 1.82) is 0 Å². The van der Waals surface area contributed by atoms with Gasteiger partial charge in [-0.25, -0.2) is 9.18 Å². The van der Waals surface area contributed by atoms with Gasteiger partial charge in [-0.1, -0.05) is 6.07 Å². The number of likely N-dealkylation sites (tertiary alicyclic amines) is 1. The summed E-state index contributed by atoms with van der Waals surface area (Å²) in [5.74, 6) is -1.85. The zero-order chi connectivity index (χ0) is 23.2. The molecule has 9 heteroatoms. The summed E-state index contributed by atoms with van der Waals surface area (Å²) in [6, 6.07) is 1.85. The van der Waals surface area contributed by atoms with Crippen LogP contribution in [-0.2, 0) is 20.9 Å². The number of amides is 4. The van der Waals surface area contributed by atoms with Crippen LogP contribution in [0.3, 0.4) is 0 Å². The summed E-state index contributed by atoms with van der Waals surface area (Å²) in [5.41, 5.74) is 0.138. The summed E-state index contributed by atoms with van der Waals surface area (Å²) in [7, 11) is 0. The van der Waals surface area contributed by atoms with Crippen molar-refractivity contribution in [2.24, 2.45) is 0 Å². The second-order valence-corrected chi connectivity index (χ2v) is 9.58. The monoisotopic (exact) mass is 445 g/mol. The summed E-state index contributed by atoms with van der Waals surface area (Å²) in [6.45, 7) is 5.79. The average molecular weight is 445 g/mol. The van der Waals surface area contributed by atoms with Crippen molar-refractivity contribution in [3.05, 3.63) is 34.6 Å². The lowest BCUT2D eigenvalue weighted by Crippen LogP contribution is -2.52. The van der Waals surface area contributed by atoms with Crippen LogP contribution in [0.1, 0.15) is 80.4 Å². The molecule has 1 aromatic rings. The fourth-order valence-electron chi connectivity index (χ4n) is 4.67. The third-order valence-corrected chi connectivity index (χ3v) is 6.17. The van der Waals surface area contributed by atoms with E-state index in [1.807, 2.05) is 0 Å². The molecule has 0 bridgehead atoms. The van der Waals surface area contributed by atoms with Crippen molar-refractivity contribution in [2.75, 3.05) is 6.54 Å². The molecule has 0 spiro atoms. The van der Waals surface area contributed by atoms with Gasteiger partial charge in [0.05, 0.1) is 12.6 Å². The van der Waals surface area contributed by atoms with Crippen LogP contribution < -0.4 is 5.32 Å². The van der Waals surface area contributed by atoms with Gasteiger partial charge in [-0.05, 0) is 52.5 Å². The number of hydrogen-bond acceptors (Lipinski definition) is 5. The van der Waals surface area contributed by atoms with Gasteiger partial charge in [0.25, 0.3) is 5.91 Å². The molecule has 172 valence electrons. The number of rotatable bonds is 2. The van der Waals surface area contributed by atoms with E-state index in [0.29, 0.717) is 18.5 Å². The lowest BCUT2D eigenvalue weighted by Gasteiger charge is -2.37. The van der Waals surface area contributed by atoms with Crippen molar-refractivity contribution >= 4 is 23.8 Å². The first-order valence-corrected chi connectivity index (χ1v) is 11.0. The van der Waals surface area contributed by atoms with Crippen LogP contribution >= 0.6 is 0 Å². The zero-order valence-electron chi connectivity index (χ0n) is 18.6. The van der Waals surface area contributed by atoms with Gasteiger partial charge >= 0.3 is 6.09 Å². The first kappa shape index (κ1) is 22.2. The maximum atomic E-state index is 15.7. The van der Waals surface area contributed by atoms with E-state index in [-0.39, 0.29) is 36.4 Å². The number of nitrogens with zero attached hydrogens (tertiary/aromatic N) is 2. The van der Waals surface area contributed by atoms with Gasteiger partial charge in [0.2, 0.25) is 11.8 Å². The molecule has 32 heavy (non-hydrogen) atoms. The Kier molecular flexibility index (Phi) is 5.68. The van der Waals surface area contributed by atoms with E-state index in [2.05, 4.69) is 5.32 Å². The lowest BCUT2D eigenvalue weighted by molar-refractivity contribution is -0.136. The second-order valence-electron chi connectivity index (χ2n) is 9.58. The van der Waals surface area contributed by atoms with Gasteiger partial charge in [0.1, 0.15) is 17.5 Å². The van der Waals surface area contributed by atoms with E-state index in [1.54, 1.807) is 37.8 Å². The number of fused-ring (bicyclic) bond motifs is 1. The first-order chi connectivity index (χ1) is 15.1. The van der Waals surface area contributed by atoms with E-state index in [1.165, 1.54) is 4.90 Å². The Morgan fingerprint density at radius 2 is 1.88 bits per heavy atom. The maximum Gasteiger partial charge on any atom is 0.410 e. The molecule has 0 aromatic heterocycles. The topological polar surface area (TPSA) is 96.0 Å². The predicted octanol–water partition coefficient (Wildman–Crippen LogP) is 3.05. The van der Waals surface area contributed by atoms with E-state index < -0.39 is 41.4 Å². The average Bonchev–Trinajstić information content (AvgIpc) is 3.04. The normalized spacial score (nSPS) is 23.8. The zero-order valence-corrected chi connectivity index (χ0v) is 18.6. The number of halogens is 1. The number of benzene rings is 1. The van der Waals surface area contributed by atoms with Crippen molar-refractivity contribution in [1.82, 2.24) is 15.1 Å². The fraction of sp³-hybridized carbons (Fsp3) is 0.565. The van der Waals surface area contributed by atoms with Crippen molar-refractivity contribution in [3.8, 4) is 0 Å². The molecule has 0 radical (unpaired) electrons. The van der Waals surface area contributed by atoms with E-state index in [0.717, 1.165) is 12.8 Å². The molecule has 2 unspecified atom stereocenters. The summed E-state index contributed by atoms with van der Waals surface area (Å²) in [4.78, 5) is 52.2. The fourth-order valence-corrected chi connectivity index (χ4v) is 4.67. The highest BCUT2D eigenvalue weighted by molar-refractivity contribution is 6.05. The van der Waals surface area contributed by atoms with Crippen LogP contribution in [0.4, 0.5) is 9.18 Å². The van der Waals surface area contributed by atoms with E-state index in [4.69, 9.17) is 4.74 Å². The Morgan fingerprint density at radius 1 is 1.12 bits per heavy atom. The molecular formula is C23H28FN3O5. The number of hydrogen-bond donors (Lipinski definition) is 1. The first-order valence-electron chi connectivity index (χ1n) is 11.0.